The fourth-order valence-corrected chi connectivity index (χ4v) is 5.75. The highest BCUT2D eigenvalue weighted by Crippen LogP contribution is 2.22. The number of anilines is 1. The minimum absolute atomic E-state index is 0.0340. The number of rotatable bonds is 5. The van der Waals surface area contributed by atoms with Crippen LogP contribution in [0.15, 0.2) is 41.3 Å². The van der Waals surface area contributed by atoms with E-state index in [1.165, 1.54) is 0 Å². The fourth-order valence-electron chi connectivity index (χ4n) is 4.00. The maximum absolute atomic E-state index is 13.1. The first-order valence-electron chi connectivity index (χ1n) is 10.4. The van der Waals surface area contributed by atoms with E-state index in [2.05, 4.69) is 5.32 Å². The number of benzene rings is 2. The van der Waals surface area contributed by atoms with Gasteiger partial charge in [-0.05, 0) is 62.9 Å². The first kappa shape index (κ1) is 22.5. The van der Waals surface area contributed by atoms with E-state index in [0.29, 0.717) is 31.1 Å². The first-order valence-corrected chi connectivity index (χ1v) is 11.8. The van der Waals surface area contributed by atoms with Crippen molar-refractivity contribution in [3.8, 4) is 0 Å². The molecule has 1 aliphatic heterocycles. The van der Waals surface area contributed by atoms with Crippen molar-refractivity contribution in [2.75, 3.05) is 31.5 Å². The molecule has 1 fully saturated rings. The highest BCUT2D eigenvalue weighted by Gasteiger charge is 2.35. The summed E-state index contributed by atoms with van der Waals surface area (Å²) < 4.78 is 27.8. The van der Waals surface area contributed by atoms with E-state index in [0.717, 1.165) is 32.8 Å². The standard InChI is InChI=1S/C23H31N3O3S/c1-16-9-10-17(2)21(15-16)30(28,29)26-13-11-25(12-14-26)20(5)23(27)24-22-18(3)7-6-8-19(22)4/h6-10,15,20H,11-14H2,1-5H3,(H,24,27)/p+1/t20-/m1/s1. The summed E-state index contributed by atoms with van der Waals surface area (Å²) in [6.45, 7) is 11.6. The number of quaternary nitrogens is 1. The highest BCUT2D eigenvalue weighted by molar-refractivity contribution is 7.89. The molecule has 3 rings (SSSR count). The van der Waals surface area contributed by atoms with Gasteiger partial charge in [0.25, 0.3) is 5.91 Å². The zero-order valence-electron chi connectivity index (χ0n) is 18.5. The van der Waals surface area contributed by atoms with Gasteiger partial charge in [-0.3, -0.25) is 4.79 Å². The van der Waals surface area contributed by atoms with Crippen molar-refractivity contribution >= 4 is 21.6 Å². The largest absolute Gasteiger partial charge is 0.323 e. The van der Waals surface area contributed by atoms with Crippen LogP contribution in [0, 0.1) is 27.7 Å². The van der Waals surface area contributed by atoms with Crippen LogP contribution in [0.3, 0.4) is 0 Å². The van der Waals surface area contributed by atoms with Gasteiger partial charge < -0.3 is 10.2 Å². The number of hydrogen-bond donors (Lipinski definition) is 2. The molecule has 1 aliphatic rings. The summed E-state index contributed by atoms with van der Waals surface area (Å²) in [6, 6.07) is 11.2. The molecule has 162 valence electrons. The number of carbonyl (C=O) groups excluding carboxylic acids is 1. The molecule has 0 saturated carbocycles. The molecule has 0 bridgehead atoms. The van der Waals surface area contributed by atoms with E-state index in [1.807, 2.05) is 65.0 Å². The second-order valence-electron chi connectivity index (χ2n) is 8.31. The Morgan fingerprint density at radius 3 is 2.20 bits per heavy atom. The molecular weight excluding hydrogens is 398 g/mol. The lowest BCUT2D eigenvalue weighted by atomic mass is 10.1. The Bertz CT molecular complexity index is 1020. The minimum atomic E-state index is -3.52. The maximum Gasteiger partial charge on any atom is 0.282 e. The predicted molar refractivity (Wildman–Crippen MR) is 119 cm³/mol. The molecule has 7 heteroatoms. The molecule has 0 unspecified atom stereocenters. The van der Waals surface area contributed by atoms with Crippen molar-refractivity contribution in [2.45, 2.75) is 45.6 Å². The second kappa shape index (κ2) is 8.88. The summed E-state index contributed by atoms with van der Waals surface area (Å²) >= 11 is 0. The van der Waals surface area contributed by atoms with E-state index in [1.54, 1.807) is 10.4 Å². The minimum Gasteiger partial charge on any atom is -0.323 e. The summed E-state index contributed by atoms with van der Waals surface area (Å²) in [6.07, 6.45) is 0. The molecule has 2 N–H and O–H groups in total. The Kier molecular flexibility index (Phi) is 6.65. The summed E-state index contributed by atoms with van der Waals surface area (Å²) in [5.41, 5.74) is 4.63. The van der Waals surface area contributed by atoms with Crippen molar-refractivity contribution in [1.29, 1.82) is 0 Å². The zero-order valence-corrected chi connectivity index (χ0v) is 19.3. The Labute approximate surface area is 179 Å². The molecule has 0 aliphatic carbocycles. The van der Waals surface area contributed by atoms with E-state index in [9.17, 15) is 13.2 Å². The Morgan fingerprint density at radius 1 is 1.00 bits per heavy atom. The monoisotopic (exact) mass is 430 g/mol. The van der Waals surface area contributed by atoms with E-state index in [-0.39, 0.29) is 11.9 Å². The van der Waals surface area contributed by atoms with Crippen molar-refractivity contribution in [1.82, 2.24) is 4.31 Å². The van der Waals surface area contributed by atoms with Crippen LogP contribution in [-0.4, -0.2) is 50.9 Å². The van der Waals surface area contributed by atoms with Gasteiger partial charge in [-0.25, -0.2) is 8.42 Å². The Hall–Kier alpha value is -2.22. The van der Waals surface area contributed by atoms with Crippen LogP contribution in [0.1, 0.15) is 29.2 Å². The van der Waals surface area contributed by atoms with Crippen LogP contribution in [0.2, 0.25) is 0 Å². The van der Waals surface area contributed by atoms with E-state index >= 15 is 0 Å². The number of sulfonamides is 1. The number of nitrogens with one attached hydrogen (secondary N) is 2. The average molecular weight is 431 g/mol. The molecule has 0 spiro atoms. The molecule has 1 atom stereocenters. The molecule has 1 heterocycles. The molecule has 2 aromatic carbocycles. The number of piperazine rings is 1. The quantitative estimate of drug-likeness (QED) is 0.760. The normalized spacial score (nSPS) is 17.0. The molecule has 0 aromatic heterocycles. The fraction of sp³-hybridized carbons (Fsp3) is 0.435. The number of nitrogens with zero attached hydrogens (tertiary/aromatic N) is 1. The molecule has 0 radical (unpaired) electrons. The lowest BCUT2D eigenvalue weighted by Gasteiger charge is -2.34. The van der Waals surface area contributed by atoms with Crippen molar-refractivity contribution in [3.05, 3.63) is 58.7 Å². The number of aryl methyl sites for hydroxylation is 4. The van der Waals surface area contributed by atoms with Crippen molar-refractivity contribution < 1.29 is 18.1 Å². The number of hydrogen-bond acceptors (Lipinski definition) is 3. The summed E-state index contributed by atoms with van der Waals surface area (Å²) in [7, 11) is -3.52. The number of para-hydroxylation sites is 1. The van der Waals surface area contributed by atoms with Gasteiger partial charge >= 0.3 is 0 Å². The van der Waals surface area contributed by atoms with Gasteiger partial charge in [-0.1, -0.05) is 30.3 Å². The van der Waals surface area contributed by atoms with Crippen LogP contribution < -0.4 is 10.2 Å². The Balaban J connectivity index is 1.66. The number of amides is 1. The predicted octanol–water partition coefficient (Wildman–Crippen LogP) is 1.84. The smallest absolute Gasteiger partial charge is 0.282 e. The van der Waals surface area contributed by atoms with Gasteiger partial charge in [0.05, 0.1) is 31.1 Å². The lowest BCUT2D eigenvalue weighted by Crippen LogP contribution is -3.19. The molecule has 1 amide bonds. The van der Waals surface area contributed by atoms with E-state index < -0.39 is 10.0 Å². The Morgan fingerprint density at radius 2 is 1.60 bits per heavy atom. The highest BCUT2D eigenvalue weighted by atomic mass is 32.2. The third-order valence-electron chi connectivity index (χ3n) is 6.06. The molecule has 6 nitrogen and oxygen atoms in total. The third-order valence-corrected chi connectivity index (χ3v) is 8.10. The molecule has 2 aromatic rings. The van der Waals surface area contributed by atoms with Crippen LogP contribution in [-0.2, 0) is 14.8 Å². The van der Waals surface area contributed by atoms with Crippen LogP contribution in [0.25, 0.3) is 0 Å². The molecular formula is C23H32N3O3S+. The maximum atomic E-state index is 13.1. The van der Waals surface area contributed by atoms with E-state index in [4.69, 9.17) is 0 Å². The topological polar surface area (TPSA) is 70.9 Å². The van der Waals surface area contributed by atoms with Gasteiger partial charge in [0, 0.05) is 5.69 Å². The average Bonchev–Trinajstić information content (AvgIpc) is 2.72. The zero-order chi connectivity index (χ0) is 22.1. The van der Waals surface area contributed by atoms with Gasteiger partial charge in [0.1, 0.15) is 0 Å². The number of carbonyl (C=O) groups is 1. The summed E-state index contributed by atoms with van der Waals surface area (Å²) in [5, 5.41) is 3.06. The van der Waals surface area contributed by atoms with Crippen LogP contribution in [0.4, 0.5) is 5.69 Å². The van der Waals surface area contributed by atoms with Gasteiger partial charge in [0.15, 0.2) is 6.04 Å². The van der Waals surface area contributed by atoms with Gasteiger partial charge in [-0.2, -0.15) is 4.31 Å². The van der Waals surface area contributed by atoms with Crippen LogP contribution >= 0.6 is 0 Å². The lowest BCUT2D eigenvalue weighted by molar-refractivity contribution is -0.917. The SMILES string of the molecule is Cc1ccc(C)c(S(=O)(=O)N2CC[NH+]([C@H](C)C(=O)Nc3c(C)cccc3C)CC2)c1. The van der Waals surface area contributed by atoms with Crippen LogP contribution in [0.5, 0.6) is 0 Å². The van der Waals surface area contributed by atoms with Crippen molar-refractivity contribution in [2.24, 2.45) is 0 Å². The summed E-state index contributed by atoms with van der Waals surface area (Å²) in [5.74, 6) is -0.0340. The van der Waals surface area contributed by atoms with Gasteiger partial charge in [-0.15, -0.1) is 0 Å². The molecule has 30 heavy (non-hydrogen) atoms. The first-order chi connectivity index (χ1) is 14.1. The van der Waals surface area contributed by atoms with Crippen molar-refractivity contribution in [3.63, 3.8) is 0 Å². The second-order valence-corrected chi connectivity index (χ2v) is 10.2. The third kappa shape index (κ3) is 4.58. The molecule has 1 saturated heterocycles. The van der Waals surface area contributed by atoms with Gasteiger partial charge in [0.2, 0.25) is 10.0 Å². The summed E-state index contributed by atoms with van der Waals surface area (Å²) in [4.78, 5) is 14.3.